The van der Waals surface area contributed by atoms with E-state index < -0.39 is 0 Å². The van der Waals surface area contributed by atoms with Gasteiger partial charge in [-0.15, -0.1) is 0 Å². The summed E-state index contributed by atoms with van der Waals surface area (Å²) in [5.41, 5.74) is 0. The summed E-state index contributed by atoms with van der Waals surface area (Å²) < 4.78 is 0. The Morgan fingerprint density at radius 2 is 2.17 bits per heavy atom. The van der Waals surface area contributed by atoms with Crippen molar-refractivity contribution in [3.63, 3.8) is 0 Å². The van der Waals surface area contributed by atoms with Gasteiger partial charge in [-0.2, -0.15) is 0 Å². The van der Waals surface area contributed by atoms with Crippen LogP contribution in [0, 0.1) is 0 Å². The molecule has 12 heavy (non-hydrogen) atoms. The molecule has 1 amide bonds. The van der Waals surface area contributed by atoms with Gasteiger partial charge in [-0.25, -0.2) is 0 Å². The molecule has 72 valence electrons. The van der Waals surface area contributed by atoms with E-state index in [0.29, 0.717) is 0 Å². The van der Waals surface area contributed by atoms with Crippen LogP contribution < -0.4 is 22.6 Å². The number of hydrogen-bond donors (Lipinski definition) is 2. The molecule has 0 saturated carbocycles. The maximum Gasteiger partial charge on any atom is 0.243 e. The predicted molar refractivity (Wildman–Crippen MR) is 45.5 cm³/mol. The number of nitrogens with one attached hydrogen (secondary N) is 2. The Morgan fingerprint density at radius 3 is 2.50 bits per heavy atom. The first-order valence-electron chi connectivity index (χ1n) is 3.78. The molecule has 2 N–H and O–H groups in total. The van der Waals surface area contributed by atoms with Crippen LogP contribution >= 0.6 is 0 Å². The van der Waals surface area contributed by atoms with Gasteiger partial charge in [-0.3, -0.25) is 4.79 Å². The number of rotatable bonds is 4. The SMILES string of the molecule is C=CC(=O)NC(C)C[NH+](C)C.[Cl-]. The Kier molecular flexibility index (Phi) is 8.32. The molecule has 0 rings (SSSR count). The molecule has 0 spiro atoms. The molecule has 0 saturated heterocycles. The molecule has 1 atom stereocenters. The van der Waals surface area contributed by atoms with Crippen LogP contribution in [0.1, 0.15) is 6.92 Å². The molecule has 0 aromatic heterocycles. The first-order chi connectivity index (χ1) is 5.06. The first-order valence-corrected chi connectivity index (χ1v) is 3.78. The van der Waals surface area contributed by atoms with Crippen LogP contribution in [0.25, 0.3) is 0 Å². The van der Waals surface area contributed by atoms with E-state index in [1.807, 2.05) is 6.92 Å². The van der Waals surface area contributed by atoms with Gasteiger partial charge in [0.15, 0.2) is 0 Å². The van der Waals surface area contributed by atoms with Crippen LogP contribution in [0.2, 0.25) is 0 Å². The van der Waals surface area contributed by atoms with Crippen LogP contribution in [-0.2, 0) is 4.79 Å². The highest BCUT2D eigenvalue weighted by Crippen LogP contribution is 1.75. The molecule has 0 heterocycles. The van der Waals surface area contributed by atoms with Gasteiger partial charge in [0, 0.05) is 0 Å². The molecule has 1 unspecified atom stereocenters. The Balaban J connectivity index is 0. The summed E-state index contributed by atoms with van der Waals surface area (Å²) in [5.74, 6) is -0.0984. The molecule has 0 aliphatic carbocycles. The molecule has 3 nitrogen and oxygen atoms in total. The molecule has 0 aliphatic rings. The van der Waals surface area contributed by atoms with Gasteiger partial charge in [0.2, 0.25) is 5.91 Å². The maximum absolute atomic E-state index is 10.8. The first kappa shape index (κ1) is 14.0. The average molecular weight is 193 g/mol. The van der Waals surface area contributed by atoms with E-state index in [1.54, 1.807) is 0 Å². The van der Waals surface area contributed by atoms with Gasteiger partial charge in [0.25, 0.3) is 0 Å². The van der Waals surface area contributed by atoms with Crippen molar-refractivity contribution in [3.8, 4) is 0 Å². The Labute approximate surface area is 80.2 Å². The summed E-state index contributed by atoms with van der Waals surface area (Å²) in [7, 11) is 4.10. The molecule has 0 radical (unpaired) electrons. The third-order valence-electron chi connectivity index (χ3n) is 1.29. The summed E-state index contributed by atoms with van der Waals surface area (Å²) >= 11 is 0. The van der Waals surface area contributed by atoms with E-state index in [-0.39, 0.29) is 24.4 Å². The Morgan fingerprint density at radius 1 is 1.67 bits per heavy atom. The summed E-state index contributed by atoms with van der Waals surface area (Å²) in [4.78, 5) is 12.1. The summed E-state index contributed by atoms with van der Waals surface area (Å²) in [5, 5.41) is 2.78. The fourth-order valence-electron chi connectivity index (χ4n) is 0.965. The largest absolute Gasteiger partial charge is 1.00 e. The quantitative estimate of drug-likeness (QED) is 0.436. The fraction of sp³-hybridized carbons (Fsp3) is 0.625. The zero-order valence-corrected chi connectivity index (χ0v) is 8.61. The number of likely N-dealkylation sites (N-methyl/N-ethyl adjacent to an activating group) is 1. The molecule has 4 heteroatoms. The lowest BCUT2D eigenvalue weighted by molar-refractivity contribution is -0.859. The third-order valence-corrected chi connectivity index (χ3v) is 1.29. The highest BCUT2D eigenvalue weighted by Gasteiger charge is 2.06. The van der Waals surface area contributed by atoms with Crippen molar-refractivity contribution < 1.29 is 22.1 Å². The number of quaternary nitrogens is 1. The lowest BCUT2D eigenvalue weighted by Crippen LogP contribution is -3.07. The van der Waals surface area contributed by atoms with Crippen molar-refractivity contribution in [3.05, 3.63) is 12.7 Å². The molecule has 0 aromatic carbocycles. The minimum Gasteiger partial charge on any atom is -1.00 e. The average Bonchev–Trinajstić information content (AvgIpc) is 1.85. The zero-order chi connectivity index (χ0) is 8.85. The van der Waals surface area contributed by atoms with E-state index in [2.05, 4.69) is 26.0 Å². The highest BCUT2D eigenvalue weighted by atomic mass is 35.5. The van der Waals surface area contributed by atoms with Crippen LogP contribution in [0.3, 0.4) is 0 Å². The van der Waals surface area contributed by atoms with Gasteiger partial charge in [-0.05, 0) is 13.0 Å². The molecule has 0 aromatic rings. The van der Waals surface area contributed by atoms with Crippen LogP contribution in [0.15, 0.2) is 12.7 Å². The lowest BCUT2D eigenvalue weighted by Gasteiger charge is -2.14. The molecule has 0 aliphatic heterocycles. The number of halogens is 1. The number of hydrogen-bond acceptors (Lipinski definition) is 1. The Bertz CT molecular complexity index is 148. The Hall–Kier alpha value is -0.540. The highest BCUT2D eigenvalue weighted by molar-refractivity contribution is 5.87. The van der Waals surface area contributed by atoms with Crippen molar-refractivity contribution in [1.29, 1.82) is 0 Å². The van der Waals surface area contributed by atoms with Crippen molar-refractivity contribution in [2.75, 3.05) is 20.6 Å². The monoisotopic (exact) mass is 192 g/mol. The summed E-state index contributed by atoms with van der Waals surface area (Å²) in [6, 6.07) is 0.213. The van der Waals surface area contributed by atoms with E-state index in [0.717, 1.165) is 6.54 Å². The summed E-state index contributed by atoms with van der Waals surface area (Å²) in [6.45, 7) is 6.28. The number of amides is 1. The van der Waals surface area contributed by atoms with Crippen molar-refractivity contribution in [1.82, 2.24) is 5.32 Å². The van der Waals surface area contributed by atoms with Gasteiger partial charge in [0.05, 0.1) is 26.7 Å². The topological polar surface area (TPSA) is 33.5 Å². The predicted octanol–water partition coefficient (Wildman–Crippen LogP) is -4.17. The van der Waals surface area contributed by atoms with Gasteiger partial charge < -0.3 is 22.6 Å². The van der Waals surface area contributed by atoms with E-state index >= 15 is 0 Å². The normalized spacial score (nSPS) is 11.7. The smallest absolute Gasteiger partial charge is 0.243 e. The lowest BCUT2D eigenvalue weighted by atomic mass is 10.3. The molecular weight excluding hydrogens is 176 g/mol. The molecule has 0 fully saturated rings. The van der Waals surface area contributed by atoms with Crippen LogP contribution in [0.4, 0.5) is 0 Å². The summed E-state index contributed by atoms with van der Waals surface area (Å²) in [6.07, 6.45) is 1.29. The van der Waals surface area contributed by atoms with Gasteiger partial charge >= 0.3 is 0 Å². The minimum absolute atomic E-state index is 0. The number of carbonyl (C=O) groups is 1. The molecular formula is C8H17ClN2O. The minimum atomic E-state index is -0.0984. The van der Waals surface area contributed by atoms with Crippen molar-refractivity contribution in [2.24, 2.45) is 0 Å². The van der Waals surface area contributed by atoms with Gasteiger partial charge in [0.1, 0.15) is 0 Å². The van der Waals surface area contributed by atoms with E-state index in [9.17, 15) is 4.79 Å². The van der Waals surface area contributed by atoms with E-state index in [4.69, 9.17) is 0 Å². The molecule has 0 bridgehead atoms. The van der Waals surface area contributed by atoms with Gasteiger partial charge in [-0.1, -0.05) is 6.58 Å². The second-order valence-corrected chi connectivity index (χ2v) is 3.02. The zero-order valence-electron chi connectivity index (χ0n) is 7.86. The standard InChI is InChI=1S/C8H16N2O.ClH/c1-5-8(11)9-7(2)6-10(3)4;/h5,7H,1,6H2,2-4H3,(H,9,11);1H. The second-order valence-electron chi connectivity index (χ2n) is 3.02. The van der Waals surface area contributed by atoms with E-state index in [1.165, 1.54) is 11.0 Å². The second kappa shape index (κ2) is 7.13. The van der Waals surface area contributed by atoms with Crippen molar-refractivity contribution in [2.45, 2.75) is 13.0 Å². The maximum atomic E-state index is 10.8. The van der Waals surface area contributed by atoms with Crippen LogP contribution in [0.5, 0.6) is 0 Å². The van der Waals surface area contributed by atoms with Crippen molar-refractivity contribution >= 4 is 5.91 Å². The third kappa shape index (κ3) is 7.57. The fourth-order valence-corrected chi connectivity index (χ4v) is 0.965. The van der Waals surface area contributed by atoms with Crippen LogP contribution in [-0.4, -0.2) is 32.6 Å². The number of carbonyl (C=O) groups excluding carboxylic acids is 1.